The van der Waals surface area contributed by atoms with E-state index in [0.29, 0.717) is 0 Å². The Morgan fingerprint density at radius 2 is 1.82 bits per heavy atom. The van der Waals surface area contributed by atoms with E-state index in [1.165, 1.54) is 0 Å². The summed E-state index contributed by atoms with van der Waals surface area (Å²) < 4.78 is 12.4. The van der Waals surface area contributed by atoms with Gasteiger partial charge >= 0.3 is 0 Å². The van der Waals surface area contributed by atoms with Crippen LogP contribution in [-0.2, 0) is 6.42 Å². The fourth-order valence-corrected chi connectivity index (χ4v) is 1.75. The van der Waals surface area contributed by atoms with Gasteiger partial charge in [-0.1, -0.05) is 19.1 Å². The molecule has 2 rings (SSSR count). The lowest BCUT2D eigenvalue weighted by molar-refractivity contribution is 0.408. The maximum Gasteiger partial charge on any atom is 0.160 e. The molecule has 0 bridgehead atoms. The first-order valence-corrected chi connectivity index (χ1v) is 5.56. The van der Waals surface area contributed by atoms with Gasteiger partial charge in [-0.3, -0.25) is 0 Å². The highest BCUT2D eigenvalue weighted by molar-refractivity contribution is 5.47. The van der Waals surface area contributed by atoms with Crippen LogP contribution in [-0.4, -0.2) is 24.0 Å². The summed E-state index contributed by atoms with van der Waals surface area (Å²) in [5, 5.41) is 4.49. The summed E-state index contributed by atoms with van der Waals surface area (Å²) in [4.78, 5) is 0. The Balaban J connectivity index is 2.49. The molecule has 17 heavy (non-hydrogen) atoms. The summed E-state index contributed by atoms with van der Waals surface area (Å²) in [7, 11) is 3.31. The number of aryl methyl sites for hydroxylation is 1. The molecule has 0 aliphatic carbocycles. The number of ether oxygens (including phenoxy) is 2. The molecule has 0 atom stereocenters. The highest BCUT2D eigenvalue weighted by Crippen LogP contribution is 2.25. The van der Waals surface area contributed by atoms with E-state index in [0.717, 1.165) is 29.3 Å². The number of nitrogens with zero attached hydrogens (tertiary/aromatic N) is 2. The SMILES string of the molecule is CCc1nn(-c2ccccc2OC)cc1OC. The molecule has 0 amide bonds. The molecule has 0 fully saturated rings. The van der Waals surface area contributed by atoms with Gasteiger partial charge in [0.1, 0.15) is 17.1 Å². The van der Waals surface area contributed by atoms with E-state index >= 15 is 0 Å². The molecule has 0 saturated heterocycles. The van der Waals surface area contributed by atoms with Crippen molar-refractivity contribution in [3.63, 3.8) is 0 Å². The van der Waals surface area contributed by atoms with Crippen molar-refractivity contribution in [2.75, 3.05) is 14.2 Å². The Morgan fingerprint density at radius 3 is 2.41 bits per heavy atom. The monoisotopic (exact) mass is 232 g/mol. The Bertz CT molecular complexity index is 484. The van der Waals surface area contributed by atoms with Crippen molar-refractivity contribution in [3.05, 3.63) is 36.2 Å². The zero-order valence-electron chi connectivity index (χ0n) is 10.3. The van der Waals surface area contributed by atoms with Crippen LogP contribution in [0.2, 0.25) is 0 Å². The van der Waals surface area contributed by atoms with Crippen LogP contribution < -0.4 is 9.47 Å². The Morgan fingerprint density at radius 1 is 1.12 bits per heavy atom. The molecule has 0 unspecified atom stereocenters. The van der Waals surface area contributed by atoms with E-state index in [1.54, 1.807) is 18.9 Å². The molecule has 4 nitrogen and oxygen atoms in total. The first kappa shape index (κ1) is 11.5. The quantitative estimate of drug-likeness (QED) is 0.812. The molecule has 2 aromatic rings. The molecule has 0 aliphatic rings. The molecule has 0 spiro atoms. The summed E-state index contributed by atoms with van der Waals surface area (Å²) in [5.41, 5.74) is 1.85. The number of para-hydroxylation sites is 2. The van der Waals surface area contributed by atoms with Crippen LogP contribution in [0.4, 0.5) is 0 Å². The maximum absolute atomic E-state index is 5.31. The van der Waals surface area contributed by atoms with Gasteiger partial charge in [-0.05, 0) is 18.6 Å². The fourth-order valence-electron chi connectivity index (χ4n) is 1.75. The Kier molecular flexibility index (Phi) is 3.32. The Labute approximate surface area is 101 Å². The molecule has 1 heterocycles. The van der Waals surface area contributed by atoms with Crippen molar-refractivity contribution in [1.82, 2.24) is 9.78 Å². The molecule has 90 valence electrons. The molecule has 1 aromatic carbocycles. The number of hydrogen-bond donors (Lipinski definition) is 0. The largest absolute Gasteiger partial charge is 0.494 e. The number of benzene rings is 1. The topological polar surface area (TPSA) is 36.3 Å². The van der Waals surface area contributed by atoms with Crippen LogP contribution in [0.3, 0.4) is 0 Å². The van der Waals surface area contributed by atoms with Gasteiger partial charge in [-0.2, -0.15) is 5.10 Å². The second kappa shape index (κ2) is 4.91. The van der Waals surface area contributed by atoms with Crippen LogP contribution in [0.5, 0.6) is 11.5 Å². The second-order valence-electron chi connectivity index (χ2n) is 3.61. The third kappa shape index (κ3) is 2.11. The average molecular weight is 232 g/mol. The molecular weight excluding hydrogens is 216 g/mol. The van der Waals surface area contributed by atoms with Crippen molar-refractivity contribution >= 4 is 0 Å². The highest BCUT2D eigenvalue weighted by atomic mass is 16.5. The minimum atomic E-state index is 0.792. The second-order valence-corrected chi connectivity index (χ2v) is 3.61. The first-order valence-electron chi connectivity index (χ1n) is 5.56. The van der Waals surface area contributed by atoms with Crippen LogP contribution >= 0.6 is 0 Å². The maximum atomic E-state index is 5.31. The minimum Gasteiger partial charge on any atom is -0.494 e. The third-order valence-corrected chi connectivity index (χ3v) is 2.64. The zero-order valence-corrected chi connectivity index (χ0v) is 10.3. The number of rotatable bonds is 4. The predicted molar refractivity (Wildman–Crippen MR) is 66.0 cm³/mol. The average Bonchev–Trinajstić information content (AvgIpc) is 2.81. The van der Waals surface area contributed by atoms with Gasteiger partial charge in [0.25, 0.3) is 0 Å². The summed E-state index contributed by atoms with van der Waals surface area (Å²) in [6.45, 7) is 2.05. The Hall–Kier alpha value is -1.97. The van der Waals surface area contributed by atoms with Crippen LogP contribution in [0, 0.1) is 0 Å². The number of aromatic nitrogens is 2. The van der Waals surface area contributed by atoms with Crippen LogP contribution in [0.1, 0.15) is 12.6 Å². The third-order valence-electron chi connectivity index (χ3n) is 2.64. The van der Waals surface area contributed by atoms with Gasteiger partial charge in [0, 0.05) is 0 Å². The van der Waals surface area contributed by atoms with E-state index in [2.05, 4.69) is 12.0 Å². The standard InChI is InChI=1S/C13H16N2O2/c1-4-10-13(17-3)9-15(14-10)11-7-5-6-8-12(11)16-2/h5-9H,4H2,1-3H3. The summed E-state index contributed by atoms with van der Waals surface area (Å²) in [6, 6.07) is 7.77. The van der Waals surface area contributed by atoms with Crippen molar-refractivity contribution < 1.29 is 9.47 Å². The van der Waals surface area contributed by atoms with Gasteiger partial charge in [-0.25, -0.2) is 4.68 Å². The van der Waals surface area contributed by atoms with Gasteiger partial charge in [0.15, 0.2) is 5.75 Å². The number of hydrogen-bond acceptors (Lipinski definition) is 3. The fraction of sp³-hybridized carbons (Fsp3) is 0.308. The van der Waals surface area contributed by atoms with Crippen molar-refractivity contribution in [3.8, 4) is 17.2 Å². The van der Waals surface area contributed by atoms with Gasteiger partial charge in [-0.15, -0.1) is 0 Å². The smallest absolute Gasteiger partial charge is 0.160 e. The molecule has 4 heteroatoms. The molecule has 1 aromatic heterocycles. The van der Waals surface area contributed by atoms with Crippen molar-refractivity contribution in [2.45, 2.75) is 13.3 Å². The molecular formula is C13H16N2O2. The molecule has 0 aliphatic heterocycles. The van der Waals surface area contributed by atoms with Crippen LogP contribution in [0.25, 0.3) is 5.69 Å². The normalized spacial score (nSPS) is 10.3. The van der Waals surface area contributed by atoms with Crippen molar-refractivity contribution in [1.29, 1.82) is 0 Å². The lowest BCUT2D eigenvalue weighted by atomic mass is 10.3. The summed E-state index contributed by atoms with van der Waals surface area (Å²) in [5.74, 6) is 1.60. The van der Waals surface area contributed by atoms with Crippen molar-refractivity contribution in [2.24, 2.45) is 0 Å². The summed E-state index contributed by atoms with van der Waals surface area (Å²) in [6.07, 6.45) is 2.71. The van der Waals surface area contributed by atoms with E-state index < -0.39 is 0 Å². The van der Waals surface area contributed by atoms with E-state index in [9.17, 15) is 0 Å². The van der Waals surface area contributed by atoms with Crippen LogP contribution in [0.15, 0.2) is 30.5 Å². The summed E-state index contributed by atoms with van der Waals surface area (Å²) >= 11 is 0. The number of methoxy groups -OCH3 is 2. The van der Waals surface area contributed by atoms with E-state index in [1.807, 2.05) is 30.5 Å². The van der Waals surface area contributed by atoms with E-state index in [4.69, 9.17) is 9.47 Å². The predicted octanol–water partition coefficient (Wildman–Crippen LogP) is 2.45. The van der Waals surface area contributed by atoms with Gasteiger partial charge in [0.05, 0.1) is 20.4 Å². The first-order chi connectivity index (χ1) is 8.30. The molecule has 0 saturated carbocycles. The lowest BCUT2D eigenvalue weighted by Crippen LogP contribution is -1.98. The van der Waals surface area contributed by atoms with Gasteiger partial charge in [0.2, 0.25) is 0 Å². The highest BCUT2D eigenvalue weighted by Gasteiger charge is 2.11. The molecule has 0 N–H and O–H groups in total. The van der Waals surface area contributed by atoms with Gasteiger partial charge < -0.3 is 9.47 Å². The zero-order chi connectivity index (χ0) is 12.3. The molecule has 0 radical (unpaired) electrons. The van der Waals surface area contributed by atoms with E-state index in [-0.39, 0.29) is 0 Å². The lowest BCUT2D eigenvalue weighted by Gasteiger charge is -2.07. The minimum absolute atomic E-state index is 0.792.